The van der Waals surface area contributed by atoms with Gasteiger partial charge in [-0.2, -0.15) is 18.2 Å². The van der Waals surface area contributed by atoms with Crippen LogP contribution < -0.4 is 21.1 Å². The number of aryl methyl sites for hydroxylation is 1. The van der Waals surface area contributed by atoms with Crippen molar-refractivity contribution in [2.75, 3.05) is 31.0 Å². The molecule has 0 aliphatic heterocycles. The highest BCUT2D eigenvalue weighted by Crippen LogP contribution is 2.52. The second-order valence-corrected chi connectivity index (χ2v) is 15.6. The largest absolute Gasteiger partial charge is 0.495 e. The number of alkyl halides is 3. The highest BCUT2D eigenvalue weighted by atomic mass is 31.2. The van der Waals surface area contributed by atoms with Crippen molar-refractivity contribution in [2.45, 2.75) is 83.8 Å². The van der Waals surface area contributed by atoms with Gasteiger partial charge in [0.05, 0.1) is 43.2 Å². The number of carbonyl (C=O) groups excluding carboxylic acids is 1. The summed E-state index contributed by atoms with van der Waals surface area (Å²) in [7, 11) is -0.348. The zero-order valence-electron chi connectivity index (χ0n) is 31.2. The number of carbonyl (C=O) groups is 1. The van der Waals surface area contributed by atoms with Gasteiger partial charge in [-0.15, -0.1) is 0 Å². The van der Waals surface area contributed by atoms with Gasteiger partial charge in [0.2, 0.25) is 11.8 Å². The van der Waals surface area contributed by atoms with Crippen molar-refractivity contribution >= 4 is 47.5 Å². The molecule has 5 rings (SSSR count). The molecule has 0 spiro atoms. The van der Waals surface area contributed by atoms with Gasteiger partial charge in [-0.1, -0.05) is 26.0 Å². The Labute approximate surface area is 312 Å². The van der Waals surface area contributed by atoms with Crippen LogP contribution in [0, 0.1) is 5.92 Å². The van der Waals surface area contributed by atoms with Crippen molar-refractivity contribution in [1.82, 2.24) is 14.5 Å². The first kappa shape index (κ1) is 40.8. The van der Waals surface area contributed by atoms with Crippen LogP contribution in [0.1, 0.15) is 76.0 Å². The average Bonchev–Trinajstić information content (AvgIpc) is 3.42. The predicted octanol–water partition coefficient (Wildman–Crippen LogP) is 8.51. The number of nitrogens with zero attached hydrogens (tertiary/aromatic N) is 3. The summed E-state index contributed by atoms with van der Waals surface area (Å²) < 4.78 is 79.6. The third-order valence-corrected chi connectivity index (χ3v) is 11.5. The molecule has 0 bridgehead atoms. The van der Waals surface area contributed by atoms with E-state index in [1.807, 2.05) is 19.9 Å². The number of nitrogens with one attached hydrogen (secondary N) is 2. The van der Waals surface area contributed by atoms with Gasteiger partial charge in [-0.05, 0) is 80.7 Å². The second kappa shape index (κ2) is 17.0. The molecule has 54 heavy (non-hydrogen) atoms. The fourth-order valence-corrected chi connectivity index (χ4v) is 8.28. The second-order valence-electron chi connectivity index (χ2n) is 13.6. The van der Waals surface area contributed by atoms with Gasteiger partial charge < -0.3 is 44.6 Å². The molecule has 1 atom stereocenters. The van der Waals surface area contributed by atoms with E-state index in [1.165, 1.54) is 11.7 Å². The molecule has 0 radical (unpaired) electrons. The fraction of sp³-hybridized carbons (Fsp3) is 0.486. The van der Waals surface area contributed by atoms with E-state index in [4.69, 9.17) is 24.3 Å². The van der Waals surface area contributed by atoms with Crippen LogP contribution in [0.15, 0.2) is 42.7 Å². The Balaban J connectivity index is 1.41. The zero-order valence-corrected chi connectivity index (χ0v) is 32.1. The standard InChI is InChI=1S/C37H48F3N6O7P/c1-7-51-54(49,52-8-2)20-22-9-15-28(30(17-22)50-6)44-36-42-18-27(37(38,39)40)33(45-36)43-29-16-14-25(26-19-46(5)34(47)31(26)29)23-10-12-24(13-11-23)53-35(48)32(41)21(3)4/h9,14-19,21,23-24,32,47H,7-8,10-13,20,41H2,1-6H3,(H2,42,43,44,45)/t23?,24?,32-/m0/s1. The summed E-state index contributed by atoms with van der Waals surface area (Å²) in [5, 5.41) is 17.9. The number of rotatable bonds is 15. The van der Waals surface area contributed by atoms with Crippen LogP contribution in [0.25, 0.3) is 10.8 Å². The van der Waals surface area contributed by atoms with Gasteiger partial charge >= 0.3 is 19.7 Å². The Morgan fingerprint density at radius 3 is 2.35 bits per heavy atom. The maximum atomic E-state index is 14.3. The number of aromatic hydroxyl groups is 1. The highest BCUT2D eigenvalue weighted by Gasteiger charge is 2.36. The Morgan fingerprint density at radius 2 is 1.74 bits per heavy atom. The molecule has 2 aromatic heterocycles. The van der Waals surface area contributed by atoms with Gasteiger partial charge in [0, 0.05) is 24.8 Å². The lowest BCUT2D eigenvalue weighted by Crippen LogP contribution is -2.39. The number of ether oxygens (including phenoxy) is 2. The molecule has 1 saturated carbocycles. The van der Waals surface area contributed by atoms with Gasteiger partial charge in [0.25, 0.3) is 0 Å². The first-order valence-electron chi connectivity index (χ1n) is 17.9. The van der Waals surface area contributed by atoms with E-state index in [0.29, 0.717) is 59.7 Å². The van der Waals surface area contributed by atoms with E-state index in [0.717, 1.165) is 5.56 Å². The third-order valence-electron chi connectivity index (χ3n) is 9.43. The summed E-state index contributed by atoms with van der Waals surface area (Å²) in [6, 6.07) is 7.66. The van der Waals surface area contributed by atoms with Crippen molar-refractivity contribution in [2.24, 2.45) is 18.7 Å². The smallest absolute Gasteiger partial charge is 0.421 e. The first-order valence-corrected chi connectivity index (χ1v) is 19.6. The van der Waals surface area contributed by atoms with Crippen LogP contribution in [0.5, 0.6) is 11.6 Å². The average molecular weight is 777 g/mol. The van der Waals surface area contributed by atoms with Gasteiger partial charge in [-0.3, -0.25) is 9.36 Å². The normalized spacial score (nSPS) is 17.1. The lowest BCUT2D eigenvalue weighted by Gasteiger charge is -2.30. The molecule has 1 fully saturated rings. The van der Waals surface area contributed by atoms with E-state index in [9.17, 15) is 27.6 Å². The molecule has 2 aromatic carbocycles. The monoisotopic (exact) mass is 776 g/mol. The highest BCUT2D eigenvalue weighted by molar-refractivity contribution is 7.53. The summed E-state index contributed by atoms with van der Waals surface area (Å²) in [5.41, 5.74) is 6.92. The molecular formula is C37H48F3N6O7P. The third kappa shape index (κ3) is 9.28. The van der Waals surface area contributed by atoms with Crippen molar-refractivity contribution in [3.63, 3.8) is 0 Å². The number of anilines is 4. The molecule has 17 heteroatoms. The SMILES string of the molecule is CCOP(=O)(Cc1ccc(Nc2ncc(C(F)(F)F)c(Nc3ccc(C4CCC(OC(=O)[C@@H](N)C(C)C)CC4)c4cn(C)c(O)c34)n2)c(OC)c1)OCC. The molecule has 1 aliphatic carbocycles. The lowest BCUT2D eigenvalue weighted by atomic mass is 9.81. The van der Waals surface area contributed by atoms with Crippen molar-refractivity contribution in [3.05, 3.63) is 59.4 Å². The molecule has 2 heterocycles. The Bertz CT molecular complexity index is 1990. The van der Waals surface area contributed by atoms with E-state index >= 15 is 0 Å². The molecular weight excluding hydrogens is 728 g/mol. The van der Waals surface area contributed by atoms with Crippen LogP contribution in [0.4, 0.5) is 36.3 Å². The number of esters is 1. The minimum Gasteiger partial charge on any atom is -0.495 e. The molecule has 4 aromatic rings. The minimum absolute atomic E-state index is 0.0138. The number of methoxy groups -OCH3 is 1. The number of fused-ring (bicyclic) bond motifs is 1. The number of hydrogen-bond acceptors (Lipinski definition) is 12. The zero-order chi connectivity index (χ0) is 39.4. The topological polar surface area (TPSA) is 172 Å². The van der Waals surface area contributed by atoms with Gasteiger partial charge in [0.1, 0.15) is 29.3 Å². The lowest BCUT2D eigenvalue weighted by molar-refractivity contribution is -0.153. The molecule has 0 saturated heterocycles. The number of halogens is 3. The summed E-state index contributed by atoms with van der Waals surface area (Å²) in [5.74, 6) is -0.941. The Morgan fingerprint density at radius 1 is 1.07 bits per heavy atom. The van der Waals surface area contributed by atoms with E-state index in [-0.39, 0.29) is 54.8 Å². The van der Waals surface area contributed by atoms with E-state index in [2.05, 4.69) is 20.6 Å². The van der Waals surface area contributed by atoms with E-state index < -0.39 is 37.2 Å². The maximum absolute atomic E-state index is 14.3. The minimum atomic E-state index is -4.81. The maximum Gasteiger partial charge on any atom is 0.421 e. The summed E-state index contributed by atoms with van der Waals surface area (Å²) >= 11 is 0. The van der Waals surface area contributed by atoms with Crippen LogP contribution in [0.3, 0.4) is 0 Å². The van der Waals surface area contributed by atoms with Gasteiger partial charge in [0.15, 0.2) is 0 Å². The molecule has 0 unspecified atom stereocenters. The summed E-state index contributed by atoms with van der Waals surface area (Å²) in [6.07, 6.45) is 0.00188. The quantitative estimate of drug-likeness (QED) is 0.0671. The van der Waals surface area contributed by atoms with Crippen LogP contribution in [-0.2, 0) is 42.5 Å². The number of aromatic nitrogens is 3. The predicted molar refractivity (Wildman–Crippen MR) is 200 cm³/mol. The number of benzene rings is 2. The van der Waals surface area contributed by atoms with Crippen molar-refractivity contribution in [1.29, 1.82) is 0 Å². The first-order chi connectivity index (χ1) is 25.6. The van der Waals surface area contributed by atoms with Gasteiger partial charge in [-0.25, -0.2) is 4.98 Å². The van der Waals surface area contributed by atoms with Crippen molar-refractivity contribution in [3.8, 4) is 11.6 Å². The molecule has 294 valence electrons. The molecule has 5 N–H and O–H groups in total. The molecule has 13 nitrogen and oxygen atoms in total. The van der Waals surface area contributed by atoms with E-state index in [1.54, 1.807) is 51.4 Å². The van der Waals surface area contributed by atoms with Crippen LogP contribution >= 0.6 is 7.60 Å². The summed E-state index contributed by atoms with van der Waals surface area (Å²) in [4.78, 5) is 20.6. The Hall–Kier alpha value is -4.37. The fourth-order valence-electron chi connectivity index (χ4n) is 6.59. The molecule has 1 aliphatic rings. The summed E-state index contributed by atoms with van der Waals surface area (Å²) in [6.45, 7) is 7.55. The molecule has 0 amide bonds. The number of nitrogens with two attached hydrogens (primary N) is 1. The number of hydrogen-bond donors (Lipinski definition) is 4. The van der Waals surface area contributed by atoms with Crippen LogP contribution in [0.2, 0.25) is 0 Å². The Kier molecular flexibility index (Phi) is 12.8. The van der Waals surface area contributed by atoms with Crippen LogP contribution in [-0.4, -0.2) is 58.1 Å². The van der Waals surface area contributed by atoms with Crippen molar-refractivity contribution < 1.29 is 46.2 Å².